The predicted molar refractivity (Wildman–Crippen MR) is 134 cm³/mol. The van der Waals surface area contributed by atoms with E-state index in [4.69, 9.17) is 28.2 Å². The number of benzene rings is 3. The number of para-hydroxylation sites is 1. The molecule has 6 nitrogen and oxygen atoms in total. The molecule has 0 fully saturated rings. The van der Waals surface area contributed by atoms with Crippen molar-refractivity contribution < 1.29 is 0 Å². The van der Waals surface area contributed by atoms with Gasteiger partial charge < -0.3 is 4.98 Å². The third kappa shape index (κ3) is 4.04. The van der Waals surface area contributed by atoms with Crippen LogP contribution >= 0.6 is 35.0 Å². The van der Waals surface area contributed by atoms with Gasteiger partial charge in [0.2, 0.25) is 0 Å². The summed E-state index contributed by atoms with van der Waals surface area (Å²) in [7, 11) is 0. The Hall–Kier alpha value is -3.13. The molecule has 2 heterocycles. The molecule has 3 aromatic carbocycles. The van der Waals surface area contributed by atoms with Crippen molar-refractivity contribution in [2.75, 3.05) is 0 Å². The molecule has 0 spiro atoms. The highest BCUT2D eigenvalue weighted by Gasteiger charge is 2.16. The van der Waals surface area contributed by atoms with E-state index in [1.165, 1.54) is 11.8 Å². The summed E-state index contributed by atoms with van der Waals surface area (Å²) in [5.41, 5.74) is 2.08. The van der Waals surface area contributed by atoms with Gasteiger partial charge in [-0.2, -0.15) is 0 Å². The van der Waals surface area contributed by atoms with Gasteiger partial charge in [0.25, 0.3) is 11.1 Å². The summed E-state index contributed by atoms with van der Waals surface area (Å²) in [6, 6.07) is 17.6. The molecular formula is C24H16Cl2N4O2S. The fourth-order valence-corrected chi connectivity index (χ4v) is 4.83. The highest BCUT2D eigenvalue weighted by molar-refractivity contribution is 7.98. The molecular weight excluding hydrogens is 479 g/mol. The van der Waals surface area contributed by atoms with Gasteiger partial charge in [0, 0.05) is 10.0 Å². The lowest BCUT2D eigenvalue weighted by Crippen LogP contribution is -2.22. The van der Waals surface area contributed by atoms with E-state index in [2.05, 4.69) is 9.97 Å². The Labute approximate surface area is 202 Å². The molecule has 0 radical (unpaired) electrons. The topological polar surface area (TPSA) is 80.6 Å². The number of hydrogen-bond donors (Lipinski definition) is 1. The summed E-state index contributed by atoms with van der Waals surface area (Å²) in [5.74, 6) is 0.749. The molecule has 5 rings (SSSR count). The SMILES string of the molecule is Cc1c(Cl)cccc1-n1c(SCc2nc3cc(Cl)ccc3c(=O)[nH]2)nc2ccccc2c1=O. The minimum absolute atomic E-state index is 0.194. The van der Waals surface area contributed by atoms with Gasteiger partial charge in [-0.3, -0.25) is 14.2 Å². The van der Waals surface area contributed by atoms with Crippen LogP contribution in [0.3, 0.4) is 0 Å². The predicted octanol–water partition coefficient (Wildman–Crippen LogP) is 5.53. The number of nitrogens with one attached hydrogen (secondary N) is 1. The van der Waals surface area contributed by atoms with Crippen molar-refractivity contribution in [2.45, 2.75) is 17.8 Å². The van der Waals surface area contributed by atoms with Crippen LogP contribution in [0.4, 0.5) is 0 Å². The van der Waals surface area contributed by atoms with Crippen molar-refractivity contribution in [3.8, 4) is 5.69 Å². The van der Waals surface area contributed by atoms with E-state index < -0.39 is 0 Å². The molecule has 5 aromatic rings. The fraction of sp³-hybridized carbons (Fsp3) is 0.0833. The standard InChI is InChI=1S/C24H16Cl2N4O2S/c1-13-17(26)6-4-8-20(13)30-23(32)16-5-2-3-7-18(16)28-24(30)33-12-21-27-19-11-14(25)9-10-15(19)22(31)29-21/h2-11H,12H2,1H3,(H,27,29,31). The summed E-state index contributed by atoms with van der Waals surface area (Å²) in [4.78, 5) is 38.0. The maximum Gasteiger partial charge on any atom is 0.266 e. The molecule has 0 saturated heterocycles. The molecule has 0 aliphatic rings. The van der Waals surface area contributed by atoms with Crippen molar-refractivity contribution >= 4 is 56.8 Å². The first-order chi connectivity index (χ1) is 15.9. The second-order valence-corrected chi connectivity index (χ2v) is 9.18. The zero-order valence-corrected chi connectivity index (χ0v) is 19.6. The van der Waals surface area contributed by atoms with Crippen molar-refractivity contribution in [3.05, 3.63) is 103 Å². The monoisotopic (exact) mass is 494 g/mol. The first-order valence-electron chi connectivity index (χ1n) is 10.0. The highest BCUT2D eigenvalue weighted by Crippen LogP contribution is 2.28. The lowest BCUT2D eigenvalue weighted by atomic mass is 10.2. The third-order valence-corrected chi connectivity index (χ3v) is 6.87. The van der Waals surface area contributed by atoms with Crippen LogP contribution in [-0.2, 0) is 5.75 Å². The van der Waals surface area contributed by atoms with Crippen molar-refractivity contribution in [3.63, 3.8) is 0 Å². The van der Waals surface area contributed by atoms with Gasteiger partial charge in [-0.15, -0.1) is 0 Å². The van der Waals surface area contributed by atoms with E-state index >= 15 is 0 Å². The summed E-state index contributed by atoms with van der Waals surface area (Å²) in [6.45, 7) is 1.86. The van der Waals surface area contributed by atoms with E-state index in [0.29, 0.717) is 54.3 Å². The van der Waals surface area contributed by atoms with Gasteiger partial charge in [-0.05, 0) is 55.0 Å². The molecule has 0 unspecified atom stereocenters. The maximum atomic E-state index is 13.5. The van der Waals surface area contributed by atoms with Crippen LogP contribution in [0.5, 0.6) is 0 Å². The van der Waals surface area contributed by atoms with Crippen molar-refractivity contribution in [2.24, 2.45) is 0 Å². The van der Waals surface area contributed by atoms with E-state index in [9.17, 15) is 9.59 Å². The van der Waals surface area contributed by atoms with Crippen molar-refractivity contribution in [1.29, 1.82) is 0 Å². The van der Waals surface area contributed by atoms with Crippen LogP contribution < -0.4 is 11.1 Å². The lowest BCUT2D eigenvalue weighted by molar-refractivity contribution is 0.813. The Morgan fingerprint density at radius 1 is 0.939 bits per heavy atom. The summed E-state index contributed by atoms with van der Waals surface area (Å²) in [6.07, 6.45) is 0. The third-order valence-electron chi connectivity index (χ3n) is 5.28. The van der Waals surface area contributed by atoms with Crippen LogP contribution in [-0.4, -0.2) is 19.5 Å². The second-order valence-electron chi connectivity index (χ2n) is 7.40. The van der Waals surface area contributed by atoms with Crippen LogP contribution in [0.1, 0.15) is 11.4 Å². The van der Waals surface area contributed by atoms with Crippen LogP contribution in [0.2, 0.25) is 10.0 Å². The van der Waals surface area contributed by atoms with Gasteiger partial charge in [0.1, 0.15) is 5.82 Å². The summed E-state index contributed by atoms with van der Waals surface area (Å²) < 4.78 is 1.56. The first-order valence-corrected chi connectivity index (χ1v) is 11.7. The molecule has 0 bridgehead atoms. The summed E-state index contributed by atoms with van der Waals surface area (Å²) >= 11 is 13.7. The number of hydrogen-bond acceptors (Lipinski definition) is 5. The molecule has 9 heteroatoms. The fourth-order valence-electron chi connectivity index (χ4n) is 3.62. The number of fused-ring (bicyclic) bond motifs is 2. The number of aromatic amines is 1. The Morgan fingerprint density at radius 2 is 1.76 bits per heavy atom. The number of halogens is 2. The molecule has 0 aliphatic carbocycles. The number of H-pyrrole nitrogens is 1. The molecule has 0 aliphatic heterocycles. The molecule has 0 atom stereocenters. The number of nitrogens with zero attached hydrogens (tertiary/aromatic N) is 3. The Morgan fingerprint density at radius 3 is 2.61 bits per heavy atom. The smallest absolute Gasteiger partial charge is 0.266 e. The quantitative estimate of drug-likeness (QED) is 0.262. The largest absolute Gasteiger partial charge is 0.309 e. The second kappa shape index (κ2) is 8.67. The molecule has 0 amide bonds. The van der Waals surface area contributed by atoms with E-state index in [1.54, 1.807) is 47.0 Å². The van der Waals surface area contributed by atoms with Gasteiger partial charge in [0.15, 0.2) is 5.16 Å². The molecule has 1 N–H and O–H groups in total. The van der Waals surface area contributed by atoms with E-state index in [0.717, 1.165) is 5.56 Å². The van der Waals surface area contributed by atoms with Gasteiger partial charge in [-0.1, -0.05) is 53.2 Å². The first kappa shape index (κ1) is 21.7. The molecule has 33 heavy (non-hydrogen) atoms. The maximum absolute atomic E-state index is 13.5. The van der Waals surface area contributed by atoms with Gasteiger partial charge in [-0.25, -0.2) is 9.97 Å². The average Bonchev–Trinajstić information content (AvgIpc) is 2.80. The number of rotatable bonds is 4. The Kier molecular flexibility index (Phi) is 5.70. The number of thioether (sulfide) groups is 1. The van der Waals surface area contributed by atoms with Crippen molar-refractivity contribution in [1.82, 2.24) is 19.5 Å². The van der Waals surface area contributed by atoms with Gasteiger partial charge >= 0.3 is 0 Å². The number of aromatic nitrogens is 4. The molecule has 164 valence electrons. The zero-order chi connectivity index (χ0) is 23.1. The van der Waals surface area contributed by atoms with Crippen LogP contribution in [0.25, 0.3) is 27.5 Å². The minimum atomic E-state index is -0.248. The zero-order valence-electron chi connectivity index (χ0n) is 17.3. The highest BCUT2D eigenvalue weighted by atomic mass is 35.5. The molecule has 2 aromatic heterocycles. The van der Waals surface area contributed by atoms with Crippen LogP contribution in [0.15, 0.2) is 75.4 Å². The normalized spacial score (nSPS) is 11.4. The minimum Gasteiger partial charge on any atom is -0.309 e. The lowest BCUT2D eigenvalue weighted by Gasteiger charge is -2.15. The van der Waals surface area contributed by atoms with Crippen LogP contribution in [0, 0.1) is 6.92 Å². The Balaban J connectivity index is 1.64. The average molecular weight is 495 g/mol. The summed E-state index contributed by atoms with van der Waals surface area (Å²) in [5, 5.41) is 2.50. The Bertz CT molecular complexity index is 1660. The van der Waals surface area contributed by atoms with E-state index in [1.807, 2.05) is 25.1 Å². The molecule has 0 saturated carbocycles. The van der Waals surface area contributed by atoms with Gasteiger partial charge in [0.05, 0.1) is 33.2 Å². The van der Waals surface area contributed by atoms with E-state index in [-0.39, 0.29) is 11.1 Å².